The Hall–Kier alpha value is -0.370. The molecule has 0 radical (unpaired) electrons. The number of hydrogen-bond acceptors (Lipinski definition) is 4. The van der Waals surface area contributed by atoms with E-state index < -0.39 is 15.8 Å². The molecule has 3 N–H and O–H groups in total. The van der Waals surface area contributed by atoms with Gasteiger partial charge in [0.15, 0.2) is 0 Å². The number of rotatable bonds is 5. The fourth-order valence-electron chi connectivity index (χ4n) is 3.33. The first-order valence-electron chi connectivity index (χ1n) is 8.21. The predicted molar refractivity (Wildman–Crippen MR) is 93.9 cm³/mol. The van der Waals surface area contributed by atoms with E-state index in [1.807, 2.05) is 6.92 Å². The van der Waals surface area contributed by atoms with Crippen molar-refractivity contribution in [1.82, 2.24) is 9.62 Å². The van der Waals surface area contributed by atoms with Crippen molar-refractivity contribution in [2.45, 2.75) is 52.0 Å². The minimum Gasteiger partial charge on any atom is -0.341 e. The Balaban J connectivity index is 0.00000264. The summed E-state index contributed by atoms with van der Waals surface area (Å²) in [7, 11) is -3.55. The summed E-state index contributed by atoms with van der Waals surface area (Å²) in [5, 5.41) is 0. The number of likely N-dealkylation sites (tertiary alicyclic amines) is 1. The van der Waals surface area contributed by atoms with E-state index in [0.29, 0.717) is 25.6 Å². The molecule has 2 rings (SSSR count). The molecule has 8 heteroatoms. The summed E-state index contributed by atoms with van der Waals surface area (Å²) >= 11 is 0. The zero-order valence-electron chi connectivity index (χ0n) is 14.1. The highest BCUT2D eigenvalue weighted by Gasteiger charge is 2.36. The van der Waals surface area contributed by atoms with Crippen molar-refractivity contribution in [3.8, 4) is 0 Å². The molecule has 1 aliphatic heterocycles. The van der Waals surface area contributed by atoms with Crippen molar-refractivity contribution in [1.29, 1.82) is 0 Å². The summed E-state index contributed by atoms with van der Waals surface area (Å²) in [6, 6.07) is -0.0121. The van der Waals surface area contributed by atoms with Gasteiger partial charge in [-0.25, -0.2) is 13.1 Å². The van der Waals surface area contributed by atoms with E-state index in [9.17, 15) is 13.2 Å². The first kappa shape index (κ1) is 20.7. The van der Waals surface area contributed by atoms with E-state index in [1.54, 1.807) is 4.90 Å². The highest BCUT2D eigenvalue weighted by atomic mass is 35.5. The molecule has 1 unspecified atom stereocenters. The van der Waals surface area contributed by atoms with Gasteiger partial charge in [0, 0.05) is 19.1 Å². The zero-order valence-corrected chi connectivity index (χ0v) is 15.7. The molecular weight excluding hydrogens is 338 g/mol. The van der Waals surface area contributed by atoms with E-state index in [4.69, 9.17) is 5.73 Å². The Morgan fingerprint density at radius 2 is 1.91 bits per heavy atom. The van der Waals surface area contributed by atoms with Crippen LogP contribution in [0.3, 0.4) is 0 Å². The second kappa shape index (κ2) is 8.14. The van der Waals surface area contributed by atoms with E-state index in [1.165, 1.54) is 0 Å². The van der Waals surface area contributed by atoms with Gasteiger partial charge in [-0.15, -0.1) is 12.4 Å². The van der Waals surface area contributed by atoms with Crippen LogP contribution in [0.25, 0.3) is 0 Å². The Labute approximate surface area is 146 Å². The van der Waals surface area contributed by atoms with Crippen LogP contribution in [0.2, 0.25) is 0 Å². The third-order valence-corrected chi connectivity index (χ3v) is 6.40. The van der Waals surface area contributed by atoms with E-state index >= 15 is 0 Å². The number of amides is 1. The standard InChI is InChI=1S/C15H29N3O3S.ClH/c1-12-3-5-13(6-4-12)17-22(20,21)9-14(19)18-8-7-15(2,10-16)11-18;/h12-13,17H,3-11,16H2,1-2H3;1H. The van der Waals surface area contributed by atoms with E-state index in [2.05, 4.69) is 11.6 Å². The molecule has 1 saturated carbocycles. The minimum atomic E-state index is -3.55. The summed E-state index contributed by atoms with van der Waals surface area (Å²) in [5.74, 6) is -0.0885. The van der Waals surface area contributed by atoms with Crippen LogP contribution >= 0.6 is 12.4 Å². The minimum absolute atomic E-state index is 0. The molecule has 2 fully saturated rings. The van der Waals surface area contributed by atoms with Gasteiger partial charge in [-0.05, 0) is 50.0 Å². The van der Waals surface area contributed by atoms with Gasteiger partial charge in [-0.2, -0.15) is 0 Å². The maximum absolute atomic E-state index is 12.2. The van der Waals surface area contributed by atoms with Gasteiger partial charge < -0.3 is 10.6 Å². The number of nitrogens with zero attached hydrogens (tertiary/aromatic N) is 1. The molecule has 0 aromatic heterocycles. The normalized spacial score (nSPS) is 31.7. The van der Waals surface area contributed by atoms with Gasteiger partial charge in [0.1, 0.15) is 5.75 Å². The molecule has 136 valence electrons. The maximum atomic E-state index is 12.2. The van der Waals surface area contributed by atoms with Crippen molar-refractivity contribution >= 4 is 28.3 Å². The second-order valence-electron chi connectivity index (χ2n) is 7.41. The number of nitrogens with two attached hydrogens (primary N) is 1. The predicted octanol–water partition coefficient (Wildman–Crippen LogP) is 1.10. The summed E-state index contributed by atoms with van der Waals surface area (Å²) in [5.41, 5.74) is 5.65. The molecule has 1 saturated heterocycles. The second-order valence-corrected chi connectivity index (χ2v) is 9.17. The number of sulfonamides is 1. The van der Waals surface area contributed by atoms with Crippen LogP contribution in [-0.2, 0) is 14.8 Å². The maximum Gasteiger partial charge on any atom is 0.239 e. The van der Waals surface area contributed by atoms with Crippen molar-refractivity contribution in [2.24, 2.45) is 17.1 Å². The highest BCUT2D eigenvalue weighted by molar-refractivity contribution is 7.90. The quantitative estimate of drug-likeness (QED) is 0.761. The van der Waals surface area contributed by atoms with Crippen LogP contribution in [0, 0.1) is 11.3 Å². The monoisotopic (exact) mass is 367 g/mol. The summed E-state index contributed by atoms with van der Waals surface area (Å²) < 4.78 is 27.1. The van der Waals surface area contributed by atoms with Crippen molar-refractivity contribution < 1.29 is 13.2 Å². The fourth-order valence-corrected chi connectivity index (χ4v) is 4.67. The number of halogens is 1. The Kier molecular flexibility index (Phi) is 7.32. The lowest BCUT2D eigenvalue weighted by molar-refractivity contribution is -0.127. The Morgan fingerprint density at radius 3 is 2.43 bits per heavy atom. The molecule has 2 aliphatic rings. The number of nitrogens with one attached hydrogen (secondary N) is 1. The molecular formula is C15H30ClN3O3S. The third kappa shape index (κ3) is 5.89. The summed E-state index contributed by atoms with van der Waals surface area (Å²) in [6.45, 7) is 5.90. The molecule has 6 nitrogen and oxygen atoms in total. The average Bonchev–Trinajstić information content (AvgIpc) is 2.84. The smallest absolute Gasteiger partial charge is 0.239 e. The van der Waals surface area contributed by atoms with Gasteiger partial charge in [-0.1, -0.05) is 13.8 Å². The highest BCUT2D eigenvalue weighted by Crippen LogP contribution is 2.28. The van der Waals surface area contributed by atoms with Crippen molar-refractivity contribution in [2.75, 3.05) is 25.4 Å². The number of hydrogen-bond donors (Lipinski definition) is 2. The molecule has 0 aromatic rings. The molecule has 23 heavy (non-hydrogen) atoms. The first-order chi connectivity index (χ1) is 10.2. The zero-order chi connectivity index (χ0) is 16.4. The van der Waals surface area contributed by atoms with Crippen LogP contribution in [0.5, 0.6) is 0 Å². The SMILES string of the molecule is CC1CCC(NS(=O)(=O)CC(=O)N2CCC(C)(CN)C2)CC1.Cl. The number of carbonyl (C=O) groups is 1. The van der Waals surface area contributed by atoms with E-state index in [0.717, 1.165) is 32.1 Å². The lowest BCUT2D eigenvalue weighted by atomic mass is 9.88. The summed E-state index contributed by atoms with van der Waals surface area (Å²) in [6.07, 6.45) is 4.65. The van der Waals surface area contributed by atoms with Crippen LogP contribution < -0.4 is 10.5 Å². The van der Waals surface area contributed by atoms with Gasteiger partial charge >= 0.3 is 0 Å². The fraction of sp³-hybridized carbons (Fsp3) is 0.933. The Morgan fingerprint density at radius 1 is 1.30 bits per heavy atom. The van der Waals surface area contributed by atoms with Crippen LogP contribution in [-0.4, -0.2) is 50.7 Å². The molecule has 0 spiro atoms. The largest absolute Gasteiger partial charge is 0.341 e. The lowest BCUT2D eigenvalue weighted by Crippen LogP contribution is -2.44. The molecule has 0 bridgehead atoms. The van der Waals surface area contributed by atoms with Crippen LogP contribution in [0.15, 0.2) is 0 Å². The van der Waals surface area contributed by atoms with Gasteiger partial charge in [-0.3, -0.25) is 4.79 Å². The first-order valence-corrected chi connectivity index (χ1v) is 9.86. The lowest BCUT2D eigenvalue weighted by Gasteiger charge is -2.27. The van der Waals surface area contributed by atoms with Crippen LogP contribution in [0.4, 0.5) is 0 Å². The van der Waals surface area contributed by atoms with Crippen LogP contribution in [0.1, 0.15) is 46.0 Å². The molecule has 1 heterocycles. The van der Waals surface area contributed by atoms with E-state index in [-0.39, 0.29) is 29.8 Å². The molecule has 1 aliphatic carbocycles. The average molecular weight is 368 g/mol. The molecule has 0 aromatic carbocycles. The van der Waals surface area contributed by atoms with Gasteiger partial charge in [0.2, 0.25) is 15.9 Å². The van der Waals surface area contributed by atoms with Crippen molar-refractivity contribution in [3.63, 3.8) is 0 Å². The molecule has 1 amide bonds. The number of carbonyl (C=O) groups excluding carboxylic acids is 1. The van der Waals surface area contributed by atoms with Gasteiger partial charge in [0.05, 0.1) is 0 Å². The summed E-state index contributed by atoms with van der Waals surface area (Å²) in [4.78, 5) is 13.9. The topological polar surface area (TPSA) is 92.5 Å². The Bertz CT molecular complexity index is 506. The van der Waals surface area contributed by atoms with Crippen molar-refractivity contribution in [3.05, 3.63) is 0 Å². The molecule has 1 atom stereocenters. The van der Waals surface area contributed by atoms with Gasteiger partial charge in [0.25, 0.3) is 0 Å². The third-order valence-electron chi connectivity index (χ3n) is 5.08.